The van der Waals surface area contributed by atoms with Crippen molar-refractivity contribution in [2.75, 3.05) is 9.80 Å². The van der Waals surface area contributed by atoms with Gasteiger partial charge in [-0.25, -0.2) is 15.0 Å². The van der Waals surface area contributed by atoms with Crippen molar-refractivity contribution in [3.05, 3.63) is 600 Å². The molecule has 4 heterocycles. The van der Waals surface area contributed by atoms with E-state index in [4.69, 9.17) is 19.1 Å². The van der Waals surface area contributed by atoms with Gasteiger partial charge in [0, 0.05) is 113 Å². The molecule has 1 radical (unpaired) electrons. The first-order valence-electron chi connectivity index (χ1n) is 51.4. The van der Waals surface area contributed by atoms with Crippen LogP contribution in [0.1, 0.15) is 15.2 Å². The number of thiophene rings is 1. The van der Waals surface area contributed by atoms with E-state index in [0.29, 0.717) is 17.5 Å². The third-order valence-electron chi connectivity index (χ3n) is 26.6. The first-order valence-corrected chi connectivity index (χ1v) is 50.8. The van der Waals surface area contributed by atoms with E-state index in [1.807, 2.05) is 139 Å². The summed E-state index contributed by atoms with van der Waals surface area (Å²) in [6.45, 7) is 0.0301. The number of rotatable bonds is 21. The molecule has 0 unspecified atom stereocenters. The van der Waals surface area contributed by atoms with Gasteiger partial charge >= 0.3 is 0 Å². The Labute approximate surface area is 899 Å². The zero-order valence-electron chi connectivity index (χ0n) is 85.2. The van der Waals surface area contributed by atoms with Crippen LogP contribution < -0.4 is 9.80 Å². The molecule has 0 aliphatic rings. The predicted molar refractivity (Wildman–Crippen MR) is 626 cm³/mol. The second-order valence-corrected chi connectivity index (χ2v) is 37.3. The molecule has 9 heteroatoms. The zero-order chi connectivity index (χ0) is 103. The van der Waals surface area contributed by atoms with Gasteiger partial charge in [-0.15, -0.1) is 83.1 Å². The summed E-state index contributed by atoms with van der Waals surface area (Å²) in [5.74, 6) is 1.97. The fourth-order valence-corrected chi connectivity index (χ4v) is 20.3. The van der Waals surface area contributed by atoms with Gasteiger partial charge in [0.1, 0.15) is 0 Å². The van der Waals surface area contributed by atoms with Gasteiger partial charge < -0.3 is 19.8 Å². The maximum atomic E-state index is 7.23. The number of hydrogen-bond donors (Lipinski definition) is 0. The molecule has 7 nitrogen and oxygen atoms in total. The standard InChI is InChI=1S/C66H48N2.C45H29N3S.C18H14N.C12H10N.Ir/c1-6-16-49(17-7-1)53-26-37-60(38-27-53)67(61-39-28-54(29-40-61)50-18-8-2-9-19-50)62-41-30-56(31-42-62)57-34-45-64(46-35-57)68(63-43-32-55(33-44-63)51-20-10-3-11-21-51)66-47-36-59(52-22-12-4-13-23-52)48-65(66)58-24-14-5-15-25-58;1-4-13-30(14-5-1)31-25-27-32(28-26-31)37-21-11-23-39-40-24-12-22-38(42(40)49-41(37)39)35-19-10-20-36(29-35)45-47-43(33-15-6-2-7-16-33)46-44(48-45)34-17-8-3-9-18-34;1-14-12-18(16-10-6-3-7-11-16)19-13-17(14)15-8-4-2-5-9-15;1-10-7-8-12(13-9-10)11-5-3-2-4-6-11;/h1-48H;1-29H;2-10,12-13H,1H3;2-5,7-9H,1H3;/q;;2*-1;/i;;;1D3;. The van der Waals surface area contributed by atoms with Crippen LogP contribution >= 0.6 is 11.3 Å². The summed E-state index contributed by atoms with van der Waals surface area (Å²) in [6.07, 6.45) is 3.34. The van der Waals surface area contributed by atoms with E-state index in [2.05, 4.69) is 463 Å². The van der Waals surface area contributed by atoms with Gasteiger partial charge in [-0.3, -0.25) is 0 Å². The smallest absolute Gasteiger partial charge is 0.164 e. The van der Waals surface area contributed by atoms with Gasteiger partial charge in [-0.1, -0.05) is 437 Å². The third kappa shape index (κ3) is 22.6. The van der Waals surface area contributed by atoms with Crippen molar-refractivity contribution in [3.8, 4) is 168 Å². The average Bonchev–Trinajstić information content (AvgIpc) is 1.43. The van der Waals surface area contributed by atoms with Crippen LogP contribution in [0.2, 0.25) is 0 Å². The van der Waals surface area contributed by atoms with Crippen LogP contribution in [0.4, 0.5) is 34.1 Å². The van der Waals surface area contributed by atoms with Crippen molar-refractivity contribution in [2.24, 2.45) is 0 Å². The Kier molecular flexibility index (Phi) is 29.1. The molecule has 0 bridgehead atoms. The minimum absolute atomic E-state index is 0. The Balaban J connectivity index is 0.000000137. The van der Waals surface area contributed by atoms with Crippen LogP contribution in [0.15, 0.2) is 577 Å². The number of fused-ring (bicyclic) bond motifs is 3. The summed E-state index contributed by atoms with van der Waals surface area (Å²) in [5.41, 5.74) is 38.3. The molecule has 717 valence electrons. The molecule has 0 amide bonds. The van der Waals surface area contributed by atoms with E-state index in [1.165, 1.54) is 115 Å². The quantitative estimate of drug-likeness (QED) is 0.0664. The number of hydrogen-bond acceptors (Lipinski definition) is 8. The molecule has 0 aliphatic carbocycles. The summed E-state index contributed by atoms with van der Waals surface area (Å²) in [6, 6.07) is 204. The SMILES string of the molecule is Cc1cc(-c2[c-]cccc2)ncc1-c1ccccc1.[2H]C([2H])([2H])c1ccc(-c2[c-]cccc2)nc1.[Ir].c1ccc(-c2ccc(-c3cccc4c3sc3c(-c5cccc(-c6nc(-c7ccccc7)nc(-c7ccccc7)n6)c5)cccc34)cc2)cc1.c1ccc(-c2ccc(N(c3ccc(-c4ccccc4)cc3)c3ccc(-c4ccc(N(c5ccc(-c6ccccc6)cc5)c5ccc(-c6ccccc6)cc5-c5ccccc5)cc4)cc3)cc2)cc1. The second kappa shape index (κ2) is 46.6. The summed E-state index contributed by atoms with van der Waals surface area (Å²) in [7, 11) is 0. The van der Waals surface area contributed by atoms with Crippen LogP contribution in [0.25, 0.3) is 188 Å². The molecular weight excluding hydrogens is 2020 g/mol. The number of aryl methyl sites for hydroxylation is 2. The first-order chi connectivity index (χ1) is 74.9. The van der Waals surface area contributed by atoms with E-state index < -0.39 is 6.85 Å². The van der Waals surface area contributed by atoms with Crippen molar-refractivity contribution >= 4 is 65.6 Å². The summed E-state index contributed by atoms with van der Waals surface area (Å²) >= 11 is 1.87. The van der Waals surface area contributed by atoms with Gasteiger partial charge in [0.25, 0.3) is 0 Å². The van der Waals surface area contributed by atoms with E-state index >= 15 is 0 Å². The minimum Gasteiger partial charge on any atom is -0.311 e. The van der Waals surface area contributed by atoms with Crippen molar-refractivity contribution in [1.29, 1.82) is 0 Å². The van der Waals surface area contributed by atoms with E-state index in [-0.39, 0.29) is 25.7 Å². The van der Waals surface area contributed by atoms with Crippen molar-refractivity contribution < 1.29 is 24.2 Å². The van der Waals surface area contributed by atoms with Gasteiger partial charge in [-0.05, 0) is 215 Å². The Hall–Kier alpha value is -18.6. The maximum absolute atomic E-state index is 7.23. The van der Waals surface area contributed by atoms with E-state index in [1.54, 1.807) is 18.2 Å². The van der Waals surface area contributed by atoms with Crippen molar-refractivity contribution in [2.45, 2.75) is 13.8 Å². The van der Waals surface area contributed by atoms with E-state index in [9.17, 15) is 0 Å². The largest absolute Gasteiger partial charge is 0.311 e. The molecule has 0 N–H and O–H groups in total. The molecule has 0 spiro atoms. The number of anilines is 6. The summed E-state index contributed by atoms with van der Waals surface area (Å²) < 4.78 is 24.3. The predicted octanol–water partition coefficient (Wildman–Crippen LogP) is 38.2. The van der Waals surface area contributed by atoms with Gasteiger partial charge in [0.05, 0.1) is 5.69 Å². The number of pyridine rings is 2. The Bertz CT molecular complexity index is 8760. The molecule has 25 aromatic rings. The van der Waals surface area contributed by atoms with Crippen LogP contribution in [0.5, 0.6) is 0 Å². The molecule has 0 atom stereocenters. The molecule has 0 saturated carbocycles. The molecule has 4 aromatic heterocycles. The molecule has 25 rings (SSSR count). The fourth-order valence-electron chi connectivity index (χ4n) is 19.0. The molecule has 0 fully saturated rings. The summed E-state index contributed by atoms with van der Waals surface area (Å²) in [5, 5.41) is 2.55. The summed E-state index contributed by atoms with van der Waals surface area (Å²) in [4.78, 5) is 28.3. The minimum atomic E-state index is -2.09. The topological polar surface area (TPSA) is 70.9 Å². The Morgan fingerprint density at radius 2 is 0.520 bits per heavy atom. The third-order valence-corrected chi connectivity index (χ3v) is 27.9. The van der Waals surface area contributed by atoms with Gasteiger partial charge in [-0.2, -0.15) is 0 Å². The normalized spacial score (nSPS) is 11.2. The molecule has 0 aliphatic heterocycles. The zero-order valence-corrected chi connectivity index (χ0v) is 85.4. The van der Waals surface area contributed by atoms with E-state index in [0.717, 1.165) is 101 Å². The molecular formula is C141H101IrN7S-2. The number of benzene rings is 21. The molecule has 150 heavy (non-hydrogen) atoms. The number of aromatic nitrogens is 5. The Morgan fingerprint density at radius 3 is 0.900 bits per heavy atom. The van der Waals surface area contributed by atoms with Crippen LogP contribution in [-0.4, -0.2) is 24.9 Å². The van der Waals surface area contributed by atoms with Gasteiger partial charge in [0.2, 0.25) is 0 Å². The van der Waals surface area contributed by atoms with Crippen LogP contribution in [0.3, 0.4) is 0 Å². The fraction of sp³-hybridized carbons (Fsp3) is 0.0142. The van der Waals surface area contributed by atoms with Crippen molar-refractivity contribution in [1.82, 2.24) is 24.9 Å². The number of nitrogens with zero attached hydrogens (tertiary/aromatic N) is 7. The Morgan fingerprint density at radius 1 is 0.220 bits per heavy atom. The monoisotopic (exact) mass is 2120 g/mol. The maximum Gasteiger partial charge on any atom is 0.164 e. The van der Waals surface area contributed by atoms with Gasteiger partial charge in [0.15, 0.2) is 17.5 Å². The molecule has 21 aromatic carbocycles. The van der Waals surface area contributed by atoms with Crippen LogP contribution in [0, 0.1) is 25.9 Å². The second-order valence-electron chi connectivity index (χ2n) is 36.2. The average molecular weight is 2120 g/mol. The van der Waals surface area contributed by atoms with Crippen LogP contribution in [-0.2, 0) is 20.1 Å². The molecule has 0 saturated heterocycles. The van der Waals surface area contributed by atoms with Crippen molar-refractivity contribution in [3.63, 3.8) is 0 Å². The first kappa shape index (κ1) is 93.7.